The van der Waals surface area contributed by atoms with E-state index in [0.29, 0.717) is 12.0 Å². The van der Waals surface area contributed by atoms with E-state index < -0.39 is 5.97 Å². The van der Waals surface area contributed by atoms with E-state index >= 15 is 0 Å². The second-order valence-corrected chi connectivity index (χ2v) is 3.76. The lowest BCUT2D eigenvalue weighted by atomic mass is 10.0. The Bertz CT molecular complexity index is 419. The molecule has 1 saturated carbocycles. The first-order valence-electron chi connectivity index (χ1n) is 4.89. The maximum atomic E-state index is 11.0. The SMILES string of the molecule is N#Cc1cnn(C2CCCC2C(=O)O)c1. The molecule has 1 fully saturated rings. The molecule has 0 bridgehead atoms. The number of nitrogens with zero attached hydrogens (tertiary/aromatic N) is 3. The third kappa shape index (κ3) is 1.71. The van der Waals surface area contributed by atoms with Gasteiger partial charge in [0.25, 0.3) is 0 Å². The van der Waals surface area contributed by atoms with Gasteiger partial charge in [0.2, 0.25) is 0 Å². The molecule has 2 unspecified atom stereocenters. The van der Waals surface area contributed by atoms with Crippen LogP contribution in [0.4, 0.5) is 0 Å². The van der Waals surface area contributed by atoms with Crippen LogP contribution in [-0.4, -0.2) is 20.9 Å². The largest absolute Gasteiger partial charge is 0.481 e. The Morgan fingerprint density at radius 3 is 3.07 bits per heavy atom. The standard InChI is InChI=1S/C10H11N3O2/c11-4-7-5-12-13(6-7)9-3-1-2-8(9)10(14)15/h5-6,8-9H,1-3H2,(H,14,15). The van der Waals surface area contributed by atoms with Crippen molar-refractivity contribution in [2.24, 2.45) is 5.92 Å². The van der Waals surface area contributed by atoms with Gasteiger partial charge in [0.1, 0.15) is 6.07 Å². The van der Waals surface area contributed by atoms with Crippen molar-refractivity contribution in [1.29, 1.82) is 5.26 Å². The van der Waals surface area contributed by atoms with E-state index in [-0.39, 0.29) is 12.0 Å². The van der Waals surface area contributed by atoms with Gasteiger partial charge in [0.05, 0.1) is 23.7 Å². The maximum Gasteiger partial charge on any atom is 0.308 e. The number of hydrogen-bond acceptors (Lipinski definition) is 3. The first-order valence-corrected chi connectivity index (χ1v) is 4.89. The summed E-state index contributed by atoms with van der Waals surface area (Å²) in [4.78, 5) is 11.0. The van der Waals surface area contributed by atoms with Gasteiger partial charge in [0, 0.05) is 6.20 Å². The van der Waals surface area contributed by atoms with E-state index in [1.54, 1.807) is 10.9 Å². The highest BCUT2D eigenvalue weighted by Crippen LogP contribution is 2.35. The number of rotatable bonds is 2. The average Bonchev–Trinajstić information content (AvgIpc) is 2.85. The molecule has 2 rings (SSSR count). The molecule has 0 aliphatic heterocycles. The summed E-state index contributed by atoms with van der Waals surface area (Å²) < 4.78 is 1.62. The fourth-order valence-electron chi connectivity index (χ4n) is 2.12. The minimum atomic E-state index is -0.772. The molecule has 5 nitrogen and oxygen atoms in total. The molecule has 78 valence electrons. The van der Waals surface area contributed by atoms with Gasteiger partial charge in [-0.3, -0.25) is 9.48 Å². The molecule has 1 heterocycles. The van der Waals surface area contributed by atoms with Crippen molar-refractivity contribution in [2.45, 2.75) is 25.3 Å². The Hall–Kier alpha value is -1.83. The summed E-state index contributed by atoms with van der Waals surface area (Å²) in [6.45, 7) is 0. The van der Waals surface area contributed by atoms with Gasteiger partial charge in [0.15, 0.2) is 0 Å². The Morgan fingerprint density at radius 1 is 1.67 bits per heavy atom. The zero-order valence-electron chi connectivity index (χ0n) is 8.13. The number of hydrogen-bond donors (Lipinski definition) is 1. The Morgan fingerprint density at radius 2 is 2.47 bits per heavy atom. The van der Waals surface area contributed by atoms with Gasteiger partial charge < -0.3 is 5.11 Å². The second-order valence-electron chi connectivity index (χ2n) is 3.76. The molecule has 1 aromatic heterocycles. The lowest BCUT2D eigenvalue weighted by Crippen LogP contribution is -2.21. The molecule has 15 heavy (non-hydrogen) atoms. The number of aromatic nitrogens is 2. The second kappa shape index (κ2) is 3.73. The molecule has 1 aliphatic rings. The summed E-state index contributed by atoms with van der Waals surface area (Å²) in [7, 11) is 0. The van der Waals surface area contributed by atoms with Crippen LogP contribution in [-0.2, 0) is 4.79 Å². The van der Waals surface area contributed by atoms with E-state index in [4.69, 9.17) is 10.4 Å². The average molecular weight is 205 g/mol. The summed E-state index contributed by atoms with van der Waals surface area (Å²) in [6, 6.07) is 1.89. The predicted molar refractivity (Wildman–Crippen MR) is 51.0 cm³/mol. The minimum absolute atomic E-state index is 0.0930. The minimum Gasteiger partial charge on any atom is -0.481 e. The number of carboxylic acid groups (broad SMARTS) is 1. The third-order valence-electron chi connectivity index (χ3n) is 2.87. The van der Waals surface area contributed by atoms with E-state index in [0.717, 1.165) is 12.8 Å². The van der Waals surface area contributed by atoms with Crippen LogP contribution in [0.15, 0.2) is 12.4 Å². The van der Waals surface area contributed by atoms with Crippen LogP contribution in [0, 0.1) is 17.2 Å². The van der Waals surface area contributed by atoms with Crippen LogP contribution in [0.1, 0.15) is 30.9 Å². The molecule has 1 aliphatic carbocycles. The van der Waals surface area contributed by atoms with Gasteiger partial charge >= 0.3 is 5.97 Å². The fourth-order valence-corrected chi connectivity index (χ4v) is 2.12. The van der Waals surface area contributed by atoms with E-state index in [9.17, 15) is 4.79 Å². The molecule has 5 heteroatoms. The number of nitriles is 1. The van der Waals surface area contributed by atoms with Crippen LogP contribution in [0.25, 0.3) is 0 Å². The van der Waals surface area contributed by atoms with Gasteiger partial charge in [-0.15, -0.1) is 0 Å². The van der Waals surface area contributed by atoms with E-state index in [2.05, 4.69) is 5.10 Å². The highest BCUT2D eigenvalue weighted by molar-refractivity contribution is 5.71. The van der Waals surface area contributed by atoms with Crippen molar-refractivity contribution in [2.75, 3.05) is 0 Å². The normalized spacial score (nSPS) is 25.0. The molecule has 1 aromatic rings. The van der Waals surface area contributed by atoms with Gasteiger partial charge in [-0.05, 0) is 12.8 Å². The van der Waals surface area contributed by atoms with E-state index in [1.165, 1.54) is 6.20 Å². The summed E-state index contributed by atoms with van der Waals surface area (Å²) in [5, 5.41) is 21.7. The molecule has 0 aromatic carbocycles. The first-order chi connectivity index (χ1) is 7.22. The molecule has 1 N–H and O–H groups in total. The lowest BCUT2D eigenvalue weighted by molar-refractivity contribution is -0.142. The highest BCUT2D eigenvalue weighted by Gasteiger charge is 2.34. The Labute approximate surface area is 86.9 Å². The van der Waals surface area contributed by atoms with E-state index in [1.807, 2.05) is 6.07 Å². The molecule has 2 atom stereocenters. The quantitative estimate of drug-likeness (QED) is 0.786. The number of carbonyl (C=O) groups is 1. The van der Waals surface area contributed by atoms with Gasteiger partial charge in [-0.25, -0.2) is 0 Å². The first kappa shape index (κ1) is 9.71. The van der Waals surface area contributed by atoms with Crippen molar-refractivity contribution in [3.8, 4) is 6.07 Å². The molecular weight excluding hydrogens is 194 g/mol. The van der Waals surface area contributed by atoms with Crippen molar-refractivity contribution >= 4 is 5.97 Å². The number of carboxylic acids is 1. The van der Waals surface area contributed by atoms with Crippen molar-refractivity contribution in [1.82, 2.24) is 9.78 Å². The van der Waals surface area contributed by atoms with Crippen molar-refractivity contribution < 1.29 is 9.90 Å². The van der Waals surface area contributed by atoms with Crippen molar-refractivity contribution in [3.63, 3.8) is 0 Å². The summed E-state index contributed by atoms with van der Waals surface area (Å²) in [5.41, 5.74) is 0.478. The summed E-state index contributed by atoms with van der Waals surface area (Å²) >= 11 is 0. The fraction of sp³-hybridized carbons (Fsp3) is 0.500. The van der Waals surface area contributed by atoms with Gasteiger partial charge in [-0.2, -0.15) is 10.4 Å². The molecule has 0 amide bonds. The molecule has 0 saturated heterocycles. The third-order valence-corrected chi connectivity index (χ3v) is 2.87. The molecule has 0 spiro atoms. The van der Waals surface area contributed by atoms with Crippen LogP contribution >= 0.6 is 0 Å². The van der Waals surface area contributed by atoms with Gasteiger partial charge in [-0.1, -0.05) is 6.42 Å². The summed E-state index contributed by atoms with van der Waals surface area (Å²) in [6.07, 6.45) is 5.51. The van der Waals surface area contributed by atoms with Crippen LogP contribution in [0.2, 0.25) is 0 Å². The van der Waals surface area contributed by atoms with Crippen LogP contribution in [0.5, 0.6) is 0 Å². The lowest BCUT2D eigenvalue weighted by Gasteiger charge is -2.15. The maximum absolute atomic E-state index is 11.0. The zero-order valence-corrected chi connectivity index (χ0v) is 8.13. The van der Waals surface area contributed by atoms with Crippen molar-refractivity contribution in [3.05, 3.63) is 18.0 Å². The zero-order chi connectivity index (χ0) is 10.8. The summed E-state index contributed by atoms with van der Waals surface area (Å²) in [5.74, 6) is -1.14. The Balaban J connectivity index is 2.23. The van der Waals surface area contributed by atoms with Crippen LogP contribution < -0.4 is 0 Å². The number of aliphatic carboxylic acids is 1. The van der Waals surface area contributed by atoms with Crippen LogP contribution in [0.3, 0.4) is 0 Å². The predicted octanol–water partition coefficient (Wildman–Crippen LogP) is 1.18. The monoisotopic (exact) mass is 205 g/mol. The smallest absolute Gasteiger partial charge is 0.308 e. The highest BCUT2D eigenvalue weighted by atomic mass is 16.4. The molecule has 0 radical (unpaired) electrons. The topological polar surface area (TPSA) is 78.9 Å². The molecular formula is C10H11N3O2. The Kier molecular flexibility index (Phi) is 2.42.